The lowest BCUT2D eigenvalue weighted by Gasteiger charge is -2.09. The number of nitrogens with one attached hydrogen (secondary N) is 2. The SMILES string of the molecule is COCCNC(=O)CNc1ccc(C(F)(F)F)cc1. The lowest BCUT2D eigenvalue weighted by molar-refractivity contribution is -0.137. The van der Waals surface area contributed by atoms with Gasteiger partial charge in [0, 0.05) is 19.3 Å². The van der Waals surface area contributed by atoms with Crippen LogP contribution in [-0.4, -0.2) is 32.7 Å². The van der Waals surface area contributed by atoms with Gasteiger partial charge in [-0.05, 0) is 24.3 Å². The first kappa shape index (κ1) is 15.3. The predicted molar refractivity (Wildman–Crippen MR) is 64.8 cm³/mol. The van der Waals surface area contributed by atoms with Crippen molar-refractivity contribution >= 4 is 11.6 Å². The zero-order chi connectivity index (χ0) is 14.3. The number of ether oxygens (including phenoxy) is 1. The first-order valence-electron chi connectivity index (χ1n) is 5.60. The number of amides is 1. The van der Waals surface area contributed by atoms with Crippen molar-refractivity contribution in [3.05, 3.63) is 29.8 Å². The molecule has 0 saturated heterocycles. The minimum absolute atomic E-state index is 0.00488. The second kappa shape index (κ2) is 6.98. The van der Waals surface area contributed by atoms with E-state index < -0.39 is 11.7 Å². The number of alkyl halides is 3. The number of hydrogen-bond acceptors (Lipinski definition) is 3. The quantitative estimate of drug-likeness (QED) is 0.780. The lowest BCUT2D eigenvalue weighted by atomic mass is 10.2. The number of methoxy groups -OCH3 is 1. The Labute approximate surface area is 108 Å². The van der Waals surface area contributed by atoms with Gasteiger partial charge < -0.3 is 15.4 Å². The summed E-state index contributed by atoms with van der Waals surface area (Å²) < 4.78 is 41.7. The zero-order valence-electron chi connectivity index (χ0n) is 10.4. The first-order valence-corrected chi connectivity index (χ1v) is 5.60. The molecule has 2 N–H and O–H groups in total. The van der Waals surface area contributed by atoms with Crippen molar-refractivity contribution in [1.29, 1.82) is 0 Å². The van der Waals surface area contributed by atoms with Crippen molar-refractivity contribution < 1.29 is 22.7 Å². The summed E-state index contributed by atoms with van der Waals surface area (Å²) in [5.41, 5.74) is -0.266. The maximum absolute atomic E-state index is 12.3. The van der Waals surface area contributed by atoms with E-state index in [1.165, 1.54) is 19.2 Å². The molecule has 0 spiro atoms. The Morgan fingerprint density at radius 1 is 1.26 bits per heavy atom. The largest absolute Gasteiger partial charge is 0.416 e. The van der Waals surface area contributed by atoms with Gasteiger partial charge in [-0.1, -0.05) is 0 Å². The van der Waals surface area contributed by atoms with Crippen LogP contribution >= 0.6 is 0 Å². The second-order valence-electron chi connectivity index (χ2n) is 3.77. The Bertz CT molecular complexity index is 404. The third-order valence-corrected chi connectivity index (χ3v) is 2.29. The van der Waals surface area contributed by atoms with E-state index in [4.69, 9.17) is 4.74 Å². The Morgan fingerprint density at radius 3 is 2.42 bits per heavy atom. The molecule has 106 valence electrons. The van der Waals surface area contributed by atoms with E-state index >= 15 is 0 Å². The maximum Gasteiger partial charge on any atom is 0.416 e. The second-order valence-corrected chi connectivity index (χ2v) is 3.77. The van der Waals surface area contributed by atoms with Crippen molar-refractivity contribution in [2.75, 3.05) is 32.1 Å². The van der Waals surface area contributed by atoms with Crippen LogP contribution in [0.25, 0.3) is 0 Å². The lowest BCUT2D eigenvalue weighted by Crippen LogP contribution is -2.32. The third kappa shape index (κ3) is 5.60. The van der Waals surface area contributed by atoms with Crippen LogP contribution in [0.5, 0.6) is 0 Å². The number of halogens is 3. The fourth-order valence-corrected chi connectivity index (χ4v) is 1.31. The number of hydrogen-bond donors (Lipinski definition) is 2. The minimum atomic E-state index is -4.35. The highest BCUT2D eigenvalue weighted by molar-refractivity contribution is 5.80. The van der Waals surface area contributed by atoms with E-state index in [-0.39, 0.29) is 12.5 Å². The molecule has 4 nitrogen and oxygen atoms in total. The summed E-state index contributed by atoms with van der Waals surface area (Å²) in [5.74, 6) is -0.253. The van der Waals surface area contributed by atoms with Gasteiger partial charge in [-0.2, -0.15) is 13.2 Å². The summed E-state index contributed by atoms with van der Waals surface area (Å²) in [6.45, 7) is 0.797. The minimum Gasteiger partial charge on any atom is -0.383 e. The number of benzene rings is 1. The molecule has 0 unspecified atom stereocenters. The molecule has 0 heterocycles. The van der Waals surface area contributed by atoms with Gasteiger partial charge in [-0.25, -0.2) is 0 Å². The van der Waals surface area contributed by atoms with E-state index in [1.54, 1.807) is 0 Å². The van der Waals surface area contributed by atoms with Gasteiger partial charge in [0.2, 0.25) is 5.91 Å². The van der Waals surface area contributed by atoms with Crippen molar-refractivity contribution in [2.45, 2.75) is 6.18 Å². The summed E-state index contributed by atoms with van der Waals surface area (Å²) in [7, 11) is 1.52. The third-order valence-electron chi connectivity index (χ3n) is 2.29. The molecular formula is C12H15F3N2O2. The van der Waals surface area contributed by atoms with Gasteiger partial charge in [0.05, 0.1) is 18.7 Å². The van der Waals surface area contributed by atoms with Gasteiger partial charge in [0.1, 0.15) is 0 Å². The number of anilines is 1. The average Bonchev–Trinajstić information content (AvgIpc) is 2.36. The van der Waals surface area contributed by atoms with Crippen LogP contribution in [-0.2, 0) is 15.7 Å². The summed E-state index contributed by atoms with van der Waals surface area (Å²) >= 11 is 0. The van der Waals surface area contributed by atoms with E-state index in [1.807, 2.05) is 0 Å². The van der Waals surface area contributed by atoms with Gasteiger partial charge in [0.25, 0.3) is 0 Å². The van der Waals surface area contributed by atoms with Crippen molar-refractivity contribution in [3.63, 3.8) is 0 Å². The summed E-state index contributed by atoms with van der Waals surface area (Å²) in [6.07, 6.45) is -4.35. The van der Waals surface area contributed by atoms with E-state index in [0.29, 0.717) is 18.8 Å². The molecule has 1 aromatic carbocycles. The van der Waals surface area contributed by atoms with Crippen LogP contribution in [0.4, 0.5) is 18.9 Å². The van der Waals surface area contributed by atoms with Crippen LogP contribution in [0.15, 0.2) is 24.3 Å². The normalized spacial score (nSPS) is 11.2. The average molecular weight is 276 g/mol. The molecular weight excluding hydrogens is 261 g/mol. The van der Waals surface area contributed by atoms with Crippen LogP contribution in [0.1, 0.15) is 5.56 Å². The summed E-state index contributed by atoms with van der Waals surface area (Å²) in [5, 5.41) is 5.31. The van der Waals surface area contributed by atoms with E-state index in [2.05, 4.69) is 10.6 Å². The smallest absolute Gasteiger partial charge is 0.383 e. The van der Waals surface area contributed by atoms with Crippen LogP contribution in [0.2, 0.25) is 0 Å². The molecule has 0 saturated carbocycles. The molecule has 1 amide bonds. The molecule has 0 fully saturated rings. The first-order chi connectivity index (χ1) is 8.93. The predicted octanol–water partition coefficient (Wildman–Crippen LogP) is 1.88. The van der Waals surface area contributed by atoms with Crippen molar-refractivity contribution in [1.82, 2.24) is 5.32 Å². The summed E-state index contributed by atoms with van der Waals surface area (Å²) in [4.78, 5) is 11.3. The number of carbonyl (C=O) groups excluding carboxylic acids is 1. The topological polar surface area (TPSA) is 50.4 Å². The monoisotopic (exact) mass is 276 g/mol. The highest BCUT2D eigenvalue weighted by Crippen LogP contribution is 2.29. The molecule has 1 aromatic rings. The van der Waals surface area contributed by atoms with Crippen LogP contribution in [0, 0.1) is 0 Å². The standard InChI is InChI=1S/C12H15F3N2O2/c1-19-7-6-16-11(18)8-17-10-4-2-9(3-5-10)12(13,14)15/h2-5,17H,6-8H2,1H3,(H,16,18). The molecule has 1 rings (SSSR count). The van der Waals surface area contributed by atoms with Crippen molar-refractivity contribution in [3.8, 4) is 0 Å². The highest BCUT2D eigenvalue weighted by atomic mass is 19.4. The molecule has 0 atom stereocenters. The molecule has 0 aliphatic rings. The maximum atomic E-state index is 12.3. The highest BCUT2D eigenvalue weighted by Gasteiger charge is 2.29. The molecule has 0 radical (unpaired) electrons. The molecule has 0 bridgehead atoms. The van der Waals surface area contributed by atoms with Crippen LogP contribution < -0.4 is 10.6 Å². The Hall–Kier alpha value is -1.76. The molecule has 19 heavy (non-hydrogen) atoms. The fourth-order valence-electron chi connectivity index (χ4n) is 1.31. The van der Waals surface area contributed by atoms with Gasteiger partial charge in [0.15, 0.2) is 0 Å². The Kier molecular flexibility index (Phi) is 5.62. The van der Waals surface area contributed by atoms with Crippen molar-refractivity contribution in [2.24, 2.45) is 0 Å². The van der Waals surface area contributed by atoms with E-state index in [0.717, 1.165) is 12.1 Å². The number of carbonyl (C=O) groups is 1. The molecule has 0 aliphatic carbocycles. The Balaban J connectivity index is 2.40. The van der Waals surface area contributed by atoms with Gasteiger partial charge in [-0.3, -0.25) is 4.79 Å². The van der Waals surface area contributed by atoms with Crippen LogP contribution in [0.3, 0.4) is 0 Å². The fraction of sp³-hybridized carbons (Fsp3) is 0.417. The molecule has 0 aromatic heterocycles. The zero-order valence-corrected chi connectivity index (χ0v) is 10.4. The van der Waals surface area contributed by atoms with E-state index in [9.17, 15) is 18.0 Å². The molecule has 0 aliphatic heterocycles. The number of rotatable bonds is 6. The van der Waals surface area contributed by atoms with Gasteiger partial charge in [-0.15, -0.1) is 0 Å². The molecule has 7 heteroatoms. The summed E-state index contributed by atoms with van der Waals surface area (Å²) in [6, 6.07) is 4.49. The van der Waals surface area contributed by atoms with Gasteiger partial charge >= 0.3 is 6.18 Å². The Morgan fingerprint density at radius 2 is 1.89 bits per heavy atom.